The topological polar surface area (TPSA) is 63.8 Å². The highest BCUT2D eigenvalue weighted by molar-refractivity contribution is 5.82. The van der Waals surface area contributed by atoms with Crippen LogP contribution in [0.15, 0.2) is 58.1 Å². The summed E-state index contributed by atoms with van der Waals surface area (Å²) in [7, 11) is 0. The molecule has 0 aliphatic carbocycles. The van der Waals surface area contributed by atoms with Gasteiger partial charge in [0.2, 0.25) is 0 Å². The molecule has 3 aromatic heterocycles. The molecule has 0 amide bonds. The van der Waals surface area contributed by atoms with Gasteiger partial charge in [0.05, 0.1) is 12.2 Å². The molecule has 0 aliphatic heterocycles. The number of aromatic nitrogens is 3. The molecule has 0 fully saturated rings. The third-order valence-electron chi connectivity index (χ3n) is 4.33. The Morgan fingerprint density at radius 2 is 2.04 bits per heavy atom. The molecular weight excluding hydrogens is 302 g/mol. The highest BCUT2D eigenvalue weighted by atomic mass is 16.5. The van der Waals surface area contributed by atoms with Crippen LogP contribution in [0.2, 0.25) is 0 Å². The second kappa shape index (κ2) is 5.53. The molecule has 5 heteroatoms. The molecular formula is C19H17N3O2. The van der Waals surface area contributed by atoms with E-state index in [-0.39, 0.29) is 5.56 Å². The minimum atomic E-state index is -0.0296. The number of rotatable bonds is 3. The summed E-state index contributed by atoms with van der Waals surface area (Å²) in [5.41, 5.74) is 4.85. The largest absolute Gasteiger partial charge is 0.361 e. The minimum absolute atomic E-state index is 0.0296. The summed E-state index contributed by atoms with van der Waals surface area (Å²) in [6, 6.07) is 11.5. The zero-order chi connectivity index (χ0) is 16.7. The molecule has 1 N–H and O–H groups in total. The zero-order valence-electron chi connectivity index (χ0n) is 13.5. The van der Waals surface area contributed by atoms with E-state index in [0.29, 0.717) is 6.54 Å². The van der Waals surface area contributed by atoms with E-state index < -0.39 is 0 Å². The summed E-state index contributed by atoms with van der Waals surface area (Å²) < 4.78 is 6.97. The highest BCUT2D eigenvalue weighted by Gasteiger charge is 2.13. The van der Waals surface area contributed by atoms with Crippen LogP contribution in [-0.4, -0.2) is 14.7 Å². The number of hydrogen-bond acceptors (Lipinski definition) is 3. The van der Waals surface area contributed by atoms with Crippen LogP contribution >= 0.6 is 0 Å². The first-order valence-corrected chi connectivity index (χ1v) is 7.82. The summed E-state index contributed by atoms with van der Waals surface area (Å²) in [5.74, 6) is 0.755. The summed E-state index contributed by atoms with van der Waals surface area (Å²) in [6.45, 7) is 4.30. The molecule has 0 radical (unpaired) electrons. The van der Waals surface area contributed by atoms with E-state index in [1.807, 2.05) is 56.6 Å². The Hall–Kier alpha value is -3.08. The highest BCUT2D eigenvalue weighted by Crippen LogP contribution is 2.26. The Balaban J connectivity index is 1.80. The average Bonchev–Trinajstić information content (AvgIpc) is 3.17. The predicted molar refractivity (Wildman–Crippen MR) is 93.1 cm³/mol. The van der Waals surface area contributed by atoms with Gasteiger partial charge >= 0.3 is 0 Å². The van der Waals surface area contributed by atoms with Gasteiger partial charge in [0.15, 0.2) is 0 Å². The molecule has 0 bridgehead atoms. The van der Waals surface area contributed by atoms with Crippen LogP contribution in [-0.2, 0) is 6.54 Å². The third kappa shape index (κ3) is 2.34. The minimum Gasteiger partial charge on any atom is -0.361 e. The molecule has 120 valence electrons. The normalized spacial score (nSPS) is 11.2. The molecule has 1 aromatic carbocycles. The first-order chi connectivity index (χ1) is 11.6. The standard InChI is InChI=1S/C19H17N3O2/c1-12-19(13(2)24-21-12)15-6-7-18(23)22(11-15)10-14-4-3-5-17-16(14)8-9-20-17/h3-9,11,20H,10H2,1-2H3. The van der Waals surface area contributed by atoms with Crippen molar-refractivity contribution in [1.29, 1.82) is 0 Å². The molecule has 5 nitrogen and oxygen atoms in total. The molecule has 0 atom stereocenters. The Labute approximate surface area is 138 Å². The molecule has 24 heavy (non-hydrogen) atoms. The van der Waals surface area contributed by atoms with Crippen molar-refractivity contribution in [1.82, 2.24) is 14.7 Å². The van der Waals surface area contributed by atoms with Gasteiger partial charge < -0.3 is 14.1 Å². The van der Waals surface area contributed by atoms with Gasteiger partial charge in [0.25, 0.3) is 5.56 Å². The average molecular weight is 319 g/mol. The quantitative estimate of drug-likeness (QED) is 0.627. The molecule has 0 aliphatic rings. The van der Waals surface area contributed by atoms with Crippen LogP contribution in [0, 0.1) is 13.8 Å². The monoisotopic (exact) mass is 319 g/mol. The lowest BCUT2D eigenvalue weighted by Crippen LogP contribution is -2.19. The number of hydrogen-bond donors (Lipinski definition) is 1. The zero-order valence-corrected chi connectivity index (χ0v) is 13.5. The van der Waals surface area contributed by atoms with E-state index >= 15 is 0 Å². The third-order valence-corrected chi connectivity index (χ3v) is 4.33. The number of nitrogens with one attached hydrogen (secondary N) is 1. The Kier molecular flexibility index (Phi) is 3.34. The van der Waals surface area contributed by atoms with Crippen molar-refractivity contribution in [2.75, 3.05) is 0 Å². The van der Waals surface area contributed by atoms with E-state index in [2.05, 4.69) is 10.1 Å². The summed E-state index contributed by atoms with van der Waals surface area (Å²) in [4.78, 5) is 15.5. The number of pyridine rings is 1. The second-order valence-electron chi connectivity index (χ2n) is 5.94. The van der Waals surface area contributed by atoms with Crippen molar-refractivity contribution in [3.63, 3.8) is 0 Å². The van der Waals surface area contributed by atoms with Crippen molar-refractivity contribution < 1.29 is 4.52 Å². The molecule has 0 saturated heterocycles. The van der Waals surface area contributed by atoms with Crippen LogP contribution in [0.25, 0.3) is 22.0 Å². The number of benzene rings is 1. The van der Waals surface area contributed by atoms with Gasteiger partial charge in [-0.3, -0.25) is 4.79 Å². The van der Waals surface area contributed by atoms with Crippen molar-refractivity contribution >= 4 is 10.9 Å². The number of H-pyrrole nitrogens is 1. The number of fused-ring (bicyclic) bond motifs is 1. The van der Waals surface area contributed by atoms with Crippen molar-refractivity contribution in [3.8, 4) is 11.1 Å². The molecule has 3 heterocycles. The second-order valence-corrected chi connectivity index (χ2v) is 5.94. The fourth-order valence-electron chi connectivity index (χ4n) is 3.17. The predicted octanol–water partition coefficient (Wildman–Crippen LogP) is 3.65. The summed E-state index contributed by atoms with van der Waals surface area (Å²) in [5, 5.41) is 5.13. The van der Waals surface area contributed by atoms with E-state index in [1.54, 1.807) is 10.6 Å². The van der Waals surface area contributed by atoms with E-state index in [9.17, 15) is 4.79 Å². The lowest BCUT2D eigenvalue weighted by atomic mass is 10.1. The number of nitrogens with zero attached hydrogens (tertiary/aromatic N) is 2. The number of aromatic amines is 1. The fourth-order valence-corrected chi connectivity index (χ4v) is 3.17. The van der Waals surface area contributed by atoms with Gasteiger partial charge in [-0.25, -0.2) is 0 Å². The van der Waals surface area contributed by atoms with Crippen LogP contribution in [0.5, 0.6) is 0 Å². The van der Waals surface area contributed by atoms with Gasteiger partial charge in [0, 0.05) is 40.5 Å². The van der Waals surface area contributed by atoms with E-state index in [1.165, 1.54) is 0 Å². The lowest BCUT2D eigenvalue weighted by Gasteiger charge is -2.09. The van der Waals surface area contributed by atoms with Gasteiger partial charge in [-0.1, -0.05) is 17.3 Å². The Morgan fingerprint density at radius 3 is 2.83 bits per heavy atom. The van der Waals surface area contributed by atoms with Crippen LogP contribution in [0.4, 0.5) is 0 Å². The first kappa shape index (κ1) is 14.5. The van der Waals surface area contributed by atoms with Gasteiger partial charge in [-0.05, 0) is 37.6 Å². The summed E-state index contributed by atoms with van der Waals surface area (Å²) in [6.07, 6.45) is 3.79. The van der Waals surface area contributed by atoms with Crippen LogP contribution in [0.3, 0.4) is 0 Å². The van der Waals surface area contributed by atoms with Gasteiger partial charge in [-0.15, -0.1) is 0 Å². The maximum Gasteiger partial charge on any atom is 0.250 e. The molecule has 4 aromatic rings. The van der Waals surface area contributed by atoms with Crippen LogP contribution in [0.1, 0.15) is 17.0 Å². The van der Waals surface area contributed by atoms with E-state index in [4.69, 9.17) is 4.52 Å². The lowest BCUT2D eigenvalue weighted by molar-refractivity contribution is 0.393. The smallest absolute Gasteiger partial charge is 0.250 e. The van der Waals surface area contributed by atoms with Crippen molar-refractivity contribution in [2.24, 2.45) is 0 Å². The SMILES string of the molecule is Cc1noc(C)c1-c1ccc(=O)n(Cc2cccc3[nH]ccc23)c1. The summed E-state index contributed by atoms with van der Waals surface area (Å²) >= 11 is 0. The number of aryl methyl sites for hydroxylation is 2. The maximum absolute atomic E-state index is 12.3. The molecule has 0 unspecified atom stereocenters. The van der Waals surface area contributed by atoms with Crippen molar-refractivity contribution in [2.45, 2.75) is 20.4 Å². The van der Waals surface area contributed by atoms with Gasteiger partial charge in [-0.2, -0.15) is 0 Å². The van der Waals surface area contributed by atoms with Crippen LogP contribution < -0.4 is 5.56 Å². The van der Waals surface area contributed by atoms with E-state index in [0.717, 1.165) is 39.0 Å². The first-order valence-electron chi connectivity index (χ1n) is 7.82. The fraction of sp³-hybridized carbons (Fsp3) is 0.158. The maximum atomic E-state index is 12.3. The Morgan fingerprint density at radius 1 is 1.17 bits per heavy atom. The molecule has 0 saturated carbocycles. The molecule has 0 spiro atoms. The van der Waals surface area contributed by atoms with Gasteiger partial charge in [0.1, 0.15) is 5.76 Å². The molecule has 4 rings (SSSR count). The van der Waals surface area contributed by atoms with Crippen molar-refractivity contribution in [3.05, 3.63) is 76.2 Å². The Bertz CT molecular complexity index is 1070.